The van der Waals surface area contributed by atoms with Crippen molar-refractivity contribution < 1.29 is 24.2 Å². The summed E-state index contributed by atoms with van der Waals surface area (Å²) in [4.78, 5) is 45.9. The second-order valence-corrected chi connectivity index (χ2v) is 11.2. The molecular weight excluding hydrogens is 556 g/mol. The molecule has 3 amide bonds. The summed E-state index contributed by atoms with van der Waals surface area (Å²) in [5.74, 6) is -2.53. The zero-order valence-corrected chi connectivity index (χ0v) is 22.7. The van der Waals surface area contributed by atoms with E-state index in [0.717, 1.165) is 5.52 Å². The molecule has 6 atom stereocenters. The van der Waals surface area contributed by atoms with E-state index in [1.165, 1.54) is 9.80 Å². The molecule has 5 rings (SSSR count). The van der Waals surface area contributed by atoms with Gasteiger partial charge >= 0.3 is 0 Å². The van der Waals surface area contributed by atoms with Gasteiger partial charge in [0.25, 0.3) is 0 Å². The van der Waals surface area contributed by atoms with Gasteiger partial charge in [-0.2, -0.15) is 0 Å². The first-order chi connectivity index (χ1) is 18.3. The fourth-order valence-corrected chi connectivity index (χ4v) is 7.25. The second kappa shape index (κ2) is 10.2. The molecule has 0 saturated carbocycles. The SMILES string of the molecule is C=CCN(C)C(=O)[C@H]1[C@H]2C(=O)N(CCO)C(C(=O)N(CC=C)Cn3nnc4ccccc43)C23CC(Br)[C@@H]1O3. The van der Waals surface area contributed by atoms with E-state index in [1.807, 2.05) is 24.3 Å². The molecular formula is C26H31BrN6O5. The Bertz CT molecular complexity index is 1280. The number of para-hydroxylation sites is 1. The number of fused-ring (bicyclic) bond motifs is 2. The summed E-state index contributed by atoms with van der Waals surface area (Å²) in [6.07, 6.45) is 3.06. The number of aliphatic hydroxyl groups excluding tert-OH is 1. The van der Waals surface area contributed by atoms with E-state index in [0.29, 0.717) is 18.5 Å². The van der Waals surface area contributed by atoms with Crippen LogP contribution < -0.4 is 0 Å². The first kappa shape index (κ1) is 26.5. The molecule has 4 heterocycles. The van der Waals surface area contributed by atoms with Crippen molar-refractivity contribution in [2.75, 3.05) is 33.3 Å². The molecule has 1 N–H and O–H groups in total. The highest BCUT2D eigenvalue weighted by Crippen LogP contribution is 2.60. The van der Waals surface area contributed by atoms with Crippen molar-refractivity contribution in [3.8, 4) is 0 Å². The number of benzene rings is 1. The van der Waals surface area contributed by atoms with Crippen LogP contribution in [0.3, 0.4) is 0 Å². The Morgan fingerprint density at radius 1 is 1.26 bits per heavy atom. The van der Waals surface area contributed by atoms with Crippen molar-refractivity contribution in [2.24, 2.45) is 11.8 Å². The van der Waals surface area contributed by atoms with E-state index in [-0.39, 0.29) is 48.9 Å². The Balaban J connectivity index is 1.52. The number of aromatic nitrogens is 3. The smallest absolute Gasteiger partial charge is 0.250 e. The van der Waals surface area contributed by atoms with Crippen molar-refractivity contribution in [3.05, 3.63) is 49.6 Å². The van der Waals surface area contributed by atoms with Crippen molar-refractivity contribution in [3.63, 3.8) is 0 Å². The molecule has 3 unspecified atom stereocenters. The number of carbonyl (C=O) groups is 3. The molecule has 11 nitrogen and oxygen atoms in total. The molecule has 1 spiro atoms. The Hall–Kier alpha value is -3.09. The lowest BCUT2D eigenvalue weighted by Gasteiger charge is -2.37. The molecule has 3 fully saturated rings. The molecule has 0 aliphatic carbocycles. The van der Waals surface area contributed by atoms with E-state index in [1.54, 1.807) is 28.8 Å². The van der Waals surface area contributed by atoms with Crippen LogP contribution in [0.15, 0.2) is 49.6 Å². The third-order valence-electron chi connectivity index (χ3n) is 7.81. The molecule has 2 bridgehead atoms. The average molecular weight is 587 g/mol. The molecule has 3 aliphatic rings. The summed E-state index contributed by atoms with van der Waals surface area (Å²) in [5, 5.41) is 18.2. The highest BCUT2D eigenvalue weighted by Gasteiger charge is 2.76. The van der Waals surface area contributed by atoms with E-state index in [4.69, 9.17) is 4.74 Å². The average Bonchev–Trinajstić information content (AvgIpc) is 3.61. The van der Waals surface area contributed by atoms with Gasteiger partial charge in [-0.25, -0.2) is 4.68 Å². The predicted octanol–water partition coefficient (Wildman–Crippen LogP) is 0.788. The number of hydrogen-bond acceptors (Lipinski definition) is 7. The van der Waals surface area contributed by atoms with Crippen molar-refractivity contribution in [1.82, 2.24) is 29.7 Å². The number of hydrogen-bond donors (Lipinski definition) is 1. The maximum atomic E-state index is 14.3. The lowest BCUT2D eigenvalue weighted by molar-refractivity contribution is -0.150. The van der Waals surface area contributed by atoms with Crippen LogP contribution in [0.5, 0.6) is 0 Å². The molecule has 3 saturated heterocycles. The maximum Gasteiger partial charge on any atom is 0.250 e. The van der Waals surface area contributed by atoms with Gasteiger partial charge in [0.2, 0.25) is 17.7 Å². The summed E-state index contributed by atoms with van der Waals surface area (Å²) in [6, 6.07) is 6.41. The van der Waals surface area contributed by atoms with E-state index in [2.05, 4.69) is 39.4 Å². The third kappa shape index (κ3) is 3.97. The number of aliphatic hydroxyl groups is 1. The van der Waals surface area contributed by atoms with Crippen molar-refractivity contribution >= 4 is 44.7 Å². The van der Waals surface area contributed by atoms with Gasteiger partial charge in [-0.3, -0.25) is 14.4 Å². The summed E-state index contributed by atoms with van der Waals surface area (Å²) in [5.41, 5.74) is 0.246. The first-order valence-electron chi connectivity index (χ1n) is 12.6. The number of likely N-dealkylation sites (N-methyl/N-ethyl adjacent to an activating group) is 1. The summed E-state index contributed by atoms with van der Waals surface area (Å²) in [6.45, 7) is 7.73. The van der Waals surface area contributed by atoms with E-state index >= 15 is 0 Å². The van der Waals surface area contributed by atoms with Crippen LogP contribution in [0.2, 0.25) is 0 Å². The molecule has 202 valence electrons. The van der Waals surface area contributed by atoms with Gasteiger partial charge < -0.3 is 24.5 Å². The monoisotopic (exact) mass is 586 g/mol. The van der Waals surface area contributed by atoms with Crippen LogP contribution in [0.4, 0.5) is 0 Å². The summed E-state index contributed by atoms with van der Waals surface area (Å²) < 4.78 is 8.12. The van der Waals surface area contributed by atoms with Gasteiger partial charge in [0.15, 0.2) is 0 Å². The van der Waals surface area contributed by atoms with Crippen LogP contribution >= 0.6 is 15.9 Å². The van der Waals surface area contributed by atoms with Crippen LogP contribution in [-0.2, 0) is 25.8 Å². The Kier molecular flexibility index (Phi) is 7.14. The quantitative estimate of drug-likeness (QED) is 0.322. The number of carbonyl (C=O) groups excluding carboxylic acids is 3. The van der Waals surface area contributed by atoms with E-state index in [9.17, 15) is 19.5 Å². The maximum absolute atomic E-state index is 14.3. The minimum atomic E-state index is -1.21. The first-order valence-corrected chi connectivity index (χ1v) is 13.5. The Morgan fingerprint density at radius 2 is 2.00 bits per heavy atom. The van der Waals surface area contributed by atoms with Gasteiger partial charge in [-0.15, -0.1) is 18.3 Å². The largest absolute Gasteiger partial charge is 0.395 e. The fourth-order valence-electron chi connectivity index (χ4n) is 6.31. The number of β-amino-alcohol motifs (C(OH)–C–C–N with tert-alkyl or cyclic N) is 1. The summed E-state index contributed by atoms with van der Waals surface area (Å²) >= 11 is 3.66. The lowest BCUT2D eigenvalue weighted by atomic mass is 9.70. The van der Waals surface area contributed by atoms with Crippen molar-refractivity contribution in [1.29, 1.82) is 0 Å². The molecule has 2 aromatic rings. The number of nitrogens with zero attached hydrogens (tertiary/aromatic N) is 6. The number of ether oxygens (including phenoxy) is 1. The Morgan fingerprint density at radius 3 is 2.71 bits per heavy atom. The van der Waals surface area contributed by atoms with Crippen LogP contribution in [0.25, 0.3) is 11.0 Å². The van der Waals surface area contributed by atoms with Crippen LogP contribution in [0, 0.1) is 11.8 Å². The second-order valence-electron chi connectivity index (χ2n) is 9.99. The predicted molar refractivity (Wildman–Crippen MR) is 142 cm³/mol. The number of halogens is 1. The molecule has 0 radical (unpaired) electrons. The molecule has 1 aromatic heterocycles. The van der Waals surface area contributed by atoms with Gasteiger partial charge in [-0.05, 0) is 18.6 Å². The number of amides is 3. The number of rotatable bonds is 10. The topological polar surface area (TPSA) is 121 Å². The third-order valence-corrected chi connectivity index (χ3v) is 8.66. The highest BCUT2D eigenvalue weighted by atomic mass is 79.9. The number of likely N-dealkylation sites (tertiary alicyclic amines) is 1. The van der Waals surface area contributed by atoms with Crippen molar-refractivity contribution in [2.45, 2.75) is 35.7 Å². The molecule has 3 aliphatic heterocycles. The van der Waals surface area contributed by atoms with Gasteiger partial charge in [0, 0.05) is 31.5 Å². The van der Waals surface area contributed by atoms with Gasteiger partial charge in [-0.1, -0.05) is 45.4 Å². The normalized spacial score (nSPS) is 29.5. The molecule has 12 heteroatoms. The zero-order valence-electron chi connectivity index (χ0n) is 21.1. The number of alkyl halides is 1. The molecule has 38 heavy (non-hydrogen) atoms. The van der Waals surface area contributed by atoms with Gasteiger partial charge in [0.05, 0.1) is 30.1 Å². The summed E-state index contributed by atoms with van der Waals surface area (Å²) in [7, 11) is 1.66. The zero-order chi connectivity index (χ0) is 27.2. The minimum Gasteiger partial charge on any atom is -0.395 e. The highest BCUT2D eigenvalue weighted by molar-refractivity contribution is 9.09. The van der Waals surface area contributed by atoms with Crippen LogP contribution in [0.1, 0.15) is 6.42 Å². The van der Waals surface area contributed by atoms with Crippen LogP contribution in [-0.4, -0.2) is 108 Å². The molecule has 1 aromatic carbocycles. The standard InChI is InChI=1S/C26H31BrN6O5/c1-4-10-30(3)23(35)19-20-24(36)32(12-13-34)22(26(20)14-16(27)21(19)38-26)25(37)31(11-5-2)15-33-18-9-7-6-8-17(18)28-29-33/h4-9,16,19-22,34H,1-2,10-15H2,3H3/t16?,19-,20-,21-,22?,26?/m0/s1. The van der Waals surface area contributed by atoms with E-state index < -0.39 is 29.6 Å². The fraction of sp³-hybridized carbons (Fsp3) is 0.500. The minimum absolute atomic E-state index is 0.0495. The Labute approximate surface area is 228 Å². The lowest BCUT2D eigenvalue weighted by Crippen LogP contribution is -2.57. The van der Waals surface area contributed by atoms with Gasteiger partial charge in [0.1, 0.15) is 23.8 Å².